The topological polar surface area (TPSA) is 60.9 Å². The lowest BCUT2D eigenvalue weighted by Crippen LogP contribution is -2.52. The number of thiophene rings is 2. The number of nitrogens with zero attached hydrogens (tertiary/aromatic N) is 3. The summed E-state index contributed by atoms with van der Waals surface area (Å²) in [7, 11) is 1.57. The predicted octanol–water partition coefficient (Wildman–Crippen LogP) is 1.89. The molecule has 8 heteroatoms. The van der Waals surface area contributed by atoms with Crippen LogP contribution in [0.5, 0.6) is 0 Å². The Balaban J connectivity index is 1.55. The van der Waals surface area contributed by atoms with Crippen LogP contribution in [-0.4, -0.2) is 72.2 Å². The third-order valence-corrected chi connectivity index (χ3v) is 6.27. The van der Waals surface area contributed by atoms with E-state index in [1.807, 2.05) is 17.5 Å². The first-order valence-electron chi connectivity index (χ1n) is 7.91. The Hall–Kier alpha value is -2.19. The lowest BCUT2D eigenvalue weighted by Gasteiger charge is -2.35. The Kier molecular flexibility index (Phi) is 5.19. The molecule has 3 rings (SSSR count). The molecule has 25 heavy (non-hydrogen) atoms. The Morgan fingerprint density at radius 2 is 1.88 bits per heavy atom. The summed E-state index contributed by atoms with van der Waals surface area (Å²) in [5.74, 6) is -0.360. The largest absolute Gasteiger partial charge is 0.338 e. The Morgan fingerprint density at radius 3 is 2.52 bits per heavy atom. The number of carbonyl (C=O) groups is 3. The molecule has 3 heterocycles. The van der Waals surface area contributed by atoms with Crippen LogP contribution >= 0.6 is 22.7 Å². The summed E-state index contributed by atoms with van der Waals surface area (Å²) in [6.45, 7) is 5.43. The van der Waals surface area contributed by atoms with Gasteiger partial charge in [0.15, 0.2) is 0 Å². The molecule has 0 bridgehead atoms. The maximum absolute atomic E-state index is 12.6. The van der Waals surface area contributed by atoms with E-state index in [2.05, 4.69) is 6.58 Å². The van der Waals surface area contributed by atoms with Gasteiger partial charge in [0.05, 0.1) is 11.4 Å². The zero-order chi connectivity index (χ0) is 18.0. The summed E-state index contributed by atoms with van der Waals surface area (Å²) in [4.78, 5) is 41.9. The van der Waals surface area contributed by atoms with Crippen molar-refractivity contribution in [1.29, 1.82) is 0 Å². The molecule has 0 unspecified atom stereocenters. The molecule has 1 saturated heterocycles. The normalized spacial score (nSPS) is 14.6. The van der Waals surface area contributed by atoms with Crippen molar-refractivity contribution in [2.45, 2.75) is 0 Å². The monoisotopic (exact) mass is 377 g/mol. The van der Waals surface area contributed by atoms with Crippen LogP contribution < -0.4 is 0 Å². The molecular formula is C17H19N3O3S2. The average molecular weight is 377 g/mol. The van der Waals surface area contributed by atoms with Gasteiger partial charge in [-0.05, 0) is 23.6 Å². The van der Waals surface area contributed by atoms with E-state index in [4.69, 9.17) is 0 Å². The van der Waals surface area contributed by atoms with Crippen molar-refractivity contribution in [3.8, 4) is 0 Å². The van der Waals surface area contributed by atoms with Gasteiger partial charge in [-0.3, -0.25) is 14.4 Å². The second kappa shape index (κ2) is 7.37. The number of hydrogen-bond acceptors (Lipinski definition) is 5. The molecule has 2 aromatic heterocycles. The van der Waals surface area contributed by atoms with Crippen LogP contribution in [-0.2, 0) is 9.59 Å². The van der Waals surface area contributed by atoms with Crippen LogP contribution in [0.3, 0.4) is 0 Å². The fraction of sp³-hybridized carbons (Fsp3) is 0.353. The molecule has 0 aromatic carbocycles. The van der Waals surface area contributed by atoms with E-state index < -0.39 is 0 Å². The second-order valence-electron chi connectivity index (χ2n) is 5.83. The van der Waals surface area contributed by atoms with Crippen molar-refractivity contribution < 1.29 is 14.4 Å². The molecule has 0 saturated carbocycles. The lowest BCUT2D eigenvalue weighted by molar-refractivity contribution is -0.138. The molecular weight excluding hydrogens is 358 g/mol. The van der Waals surface area contributed by atoms with Gasteiger partial charge in [-0.15, -0.1) is 22.7 Å². The molecule has 1 aliphatic rings. The molecule has 0 radical (unpaired) electrons. The third kappa shape index (κ3) is 3.74. The van der Waals surface area contributed by atoms with Gasteiger partial charge in [0, 0.05) is 42.6 Å². The number of rotatable bonds is 4. The Bertz CT molecular complexity index is 790. The molecule has 0 N–H and O–H groups in total. The lowest BCUT2D eigenvalue weighted by atomic mass is 10.2. The van der Waals surface area contributed by atoms with Gasteiger partial charge in [-0.25, -0.2) is 0 Å². The van der Waals surface area contributed by atoms with Crippen LogP contribution in [0, 0.1) is 0 Å². The number of hydrogen-bond donors (Lipinski definition) is 0. The number of piperazine rings is 1. The minimum atomic E-state index is -0.278. The van der Waals surface area contributed by atoms with Crippen molar-refractivity contribution in [3.63, 3.8) is 0 Å². The first-order valence-corrected chi connectivity index (χ1v) is 9.61. The van der Waals surface area contributed by atoms with Crippen molar-refractivity contribution >= 4 is 49.8 Å². The fourth-order valence-corrected chi connectivity index (χ4v) is 4.80. The summed E-state index contributed by atoms with van der Waals surface area (Å²) >= 11 is 3.15. The van der Waals surface area contributed by atoms with Gasteiger partial charge in [0.25, 0.3) is 5.91 Å². The van der Waals surface area contributed by atoms with E-state index in [1.54, 1.807) is 28.2 Å². The molecule has 0 aliphatic carbocycles. The molecule has 2 aromatic rings. The van der Waals surface area contributed by atoms with Crippen molar-refractivity contribution in [1.82, 2.24) is 14.7 Å². The predicted molar refractivity (Wildman–Crippen MR) is 100 cm³/mol. The van der Waals surface area contributed by atoms with E-state index in [0.29, 0.717) is 26.2 Å². The van der Waals surface area contributed by atoms with Crippen molar-refractivity contribution in [3.05, 3.63) is 35.0 Å². The highest BCUT2D eigenvalue weighted by Crippen LogP contribution is 2.30. The molecule has 0 spiro atoms. The maximum atomic E-state index is 12.6. The summed E-state index contributed by atoms with van der Waals surface area (Å²) in [5.41, 5.74) is 0. The zero-order valence-electron chi connectivity index (χ0n) is 13.9. The van der Waals surface area contributed by atoms with Crippen LogP contribution in [0.1, 0.15) is 9.67 Å². The van der Waals surface area contributed by atoms with Crippen LogP contribution in [0.2, 0.25) is 0 Å². The van der Waals surface area contributed by atoms with E-state index in [-0.39, 0.29) is 24.3 Å². The summed E-state index contributed by atoms with van der Waals surface area (Å²) < 4.78 is 2.27. The van der Waals surface area contributed by atoms with Crippen molar-refractivity contribution in [2.75, 3.05) is 39.8 Å². The van der Waals surface area contributed by atoms with E-state index in [0.717, 1.165) is 14.3 Å². The first kappa shape index (κ1) is 17.6. The van der Waals surface area contributed by atoms with Gasteiger partial charge in [0.2, 0.25) is 11.8 Å². The quantitative estimate of drug-likeness (QED) is 0.765. The Labute approximate surface area is 153 Å². The van der Waals surface area contributed by atoms with Gasteiger partial charge in [-0.2, -0.15) is 0 Å². The molecule has 1 fully saturated rings. The fourth-order valence-electron chi connectivity index (χ4n) is 2.72. The second-order valence-corrected chi connectivity index (χ2v) is 7.86. The minimum absolute atomic E-state index is 0.0273. The highest BCUT2D eigenvalue weighted by atomic mass is 32.1. The summed E-state index contributed by atoms with van der Waals surface area (Å²) in [6, 6.07) is 3.97. The third-order valence-electron chi connectivity index (χ3n) is 4.19. The van der Waals surface area contributed by atoms with E-state index in [9.17, 15) is 14.4 Å². The standard InChI is InChI=1S/C17H19N3O3S2/c1-3-15(21)18(2)11-16(22)19-5-7-20(8-6-19)17(23)14-10-13-12(25-14)4-9-24-13/h3-4,9-10H,1,5-8,11H2,2H3. The first-order chi connectivity index (χ1) is 12.0. The Morgan fingerprint density at radius 1 is 1.20 bits per heavy atom. The smallest absolute Gasteiger partial charge is 0.264 e. The highest BCUT2D eigenvalue weighted by molar-refractivity contribution is 7.27. The summed E-state index contributed by atoms with van der Waals surface area (Å²) in [5, 5.41) is 2.02. The number of carbonyl (C=O) groups excluding carboxylic acids is 3. The molecule has 6 nitrogen and oxygen atoms in total. The van der Waals surface area contributed by atoms with Gasteiger partial charge in [-0.1, -0.05) is 6.58 Å². The maximum Gasteiger partial charge on any atom is 0.264 e. The minimum Gasteiger partial charge on any atom is -0.338 e. The van der Waals surface area contributed by atoms with Gasteiger partial charge >= 0.3 is 0 Å². The number of likely N-dealkylation sites (N-methyl/N-ethyl adjacent to an activating group) is 1. The van der Waals surface area contributed by atoms with Crippen LogP contribution in [0.25, 0.3) is 9.40 Å². The van der Waals surface area contributed by atoms with E-state index in [1.165, 1.54) is 22.3 Å². The molecule has 3 amide bonds. The number of fused-ring (bicyclic) bond motifs is 1. The molecule has 0 atom stereocenters. The van der Waals surface area contributed by atoms with Gasteiger partial charge < -0.3 is 14.7 Å². The zero-order valence-corrected chi connectivity index (χ0v) is 15.6. The summed E-state index contributed by atoms with van der Waals surface area (Å²) in [6.07, 6.45) is 1.19. The van der Waals surface area contributed by atoms with Gasteiger partial charge in [0.1, 0.15) is 0 Å². The number of amides is 3. The average Bonchev–Trinajstić information content (AvgIpc) is 3.22. The van der Waals surface area contributed by atoms with Crippen molar-refractivity contribution in [2.24, 2.45) is 0 Å². The highest BCUT2D eigenvalue weighted by Gasteiger charge is 2.26. The van der Waals surface area contributed by atoms with Crippen LogP contribution in [0.4, 0.5) is 0 Å². The molecule has 1 aliphatic heterocycles. The molecule has 132 valence electrons. The van der Waals surface area contributed by atoms with E-state index >= 15 is 0 Å². The SMILES string of the molecule is C=CC(=O)N(C)CC(=O)N1CCN(C(=O)c2cc3sccc3s2)CC1. The van der Waals surface area contributed by atoms with Crippen LogP contribution in [0.15, 0.2) is 30.2 Å².